The molecule has 2 aliphatic rings. The SMILES string of the molecule is O=C(Cl)N1C2COCC1COC2. The molecule has 5 heteroatoms. The summed E-state index contributed by atoms with van der Waals surface area (Å²) in [6, 6.07) is 0.0324. The maximum atomic E-state index is 11.0. The second kappa shape index (κ2) is 3.20. The summed E-state index contributed by atoms with van der Waals surface area (Å²) in [4.78, 5) is 12.7. The minimum absolute atomic E-state index is 0.0162. The maximum absolute atomic E-state index is 11.0. The van der Waals surface area contributed by atoms with Crippen LogP contribution in [-0.4, -0.2) is 48.8 Å². The zero-order valence-electron chi connectivity index (χ0n) is 6.53. The number of carbonyl (C=O) groups is 1. The average Bonchev–Trinajstić information content (AvgIpc) is 2.02. The molecule has 0 spiro atoms. The minimum atomic E-state index is -0.392. The second-order valence-corrected chi connectivity index (χ2v) is 3.37. The zero-order chi connectivity index (χ0) is 8.55. The van der Waals surface area contributed by atoms with Crippen LogP contribution in [0.1, 0.15) is 0 Å². The van der Waals surface area contributed by atoms with Gasteiger partial charge >= 0.3 is 5.37 Å². The molecule has 12 heavy (non-hydrogen) atoms. The van der Waals surface area contributed by atoms with Gasteiger partial charge in [-0.25, -0.2) is 0 Å². The normalized spacial score (nSPS) is 34.9. The first-order valence-electron chi connectivity index (χ1n) is 3.92. The number of morpholine rings is 2. The molecule has 1 amide bonds. The van der Waals surface area contributed by atoms with Gasteiger partial charge in [0.05, 0.1) is 38.5 Å². The molecule has 2 rings (SSSR count). The first kappa shape index (κ1) is 8.29. The Kier molecular flexibility index (Phi) is 2.21. The van der Waals surface area contributed by atoms with E-state index in [0.717, 1.165) is 0 Å². The van der Waals surface area contributed by atoms with Gasteiger partial charge in [0.15, 0.2) is 0 Å². The van der Waals surface area contributed by atoms with Crippen LogP contribution in [0.5, 0.6) is 0 Å². The van der Waals surface area contributed by atoms with E-state index >= 15 is 0 Å². The van der Waals surface area contributed by atoms with Gasteiger partial charge in [-0.2, -0.15) is 0 Å². The van der Waals surface area contributed by atoms with Crippen LogP contribution in [0.4, 0.5) is 4.79 Å². The summed E-state index contributed by atoms with van der Waals surface area (Å²) in [6.07, 6.45) is 0. The van der Waals surface area contributed by atoms with Gasteiger partial charge in [0.1, 0.15) is 0 Å². The number of nitrogens with zero attached hydrogens (tertiary/aromatic N) is 1. The van der Waals surface area contributed by atoms with Gasteiger partial charge in [-0.15, -0.1) is 0 Å². The third-order valence-corrected chi connectivity index (χ3v) is 2.43. The summed E-state index contributed by atoms with van der Waals surface area (Å²) in [5, 5.41) is -0.392. The molecule has 2 saturated heterocycles. The van der Waals surface area contributed by atoms with Crippen LogP contribution in [0.15, 0.2) is 0 Å². The Morgan fingerprint density at radius 2 is 1.58 bits per heavy atom. The van der Waals surface area contributed by atoms with Gasteiger partial charge in [-0.3, -0.25) is 4.79 Å². The van der Waals surface area contributed by atoms with Crippen molar-refractivity contribution in [3.05, 3.63) is 0 Å². The smallest absolute Gasteiger partial charge is 0.317 e. The lowest BCUT2D eigenvalue weighted by Gasteiger charge is -2.43. The highest BCUT2D eigenvalue weighted by Gasteiger charge is 2.37. The van der Waals surface area contributed by atoms with Gasteiger partial charge in [0, 0.05) is 0 Å². The van der Waals surface area contributed by atoms with Crippen molar-refractivity contribution in [2.45, 2.75) is 12.1 Å². The summed E-state index contributed by atoms with van der Waals surface area (Å²) in [5.41, 5.74) is 0. The lowest BCUT2D eigenvalue weighted by atomic mass is 10.1. The van der Waals surface area contributed by atoms with Crippen molar-refractivity contribution in [2.75, 3.05) is 26.4 Å². The fourth-order valence-corrected chi connectivity index (χ4v) is 1.96. The van der Waals surface area contributed by atoms with Crippen molar-refractivity contribution in [2.24, 2.45) is 0 Å². The summed E-state index contributed by atoms with van der Waals surface area (Å²) in [7, 11) is 0. The molecule has 0 atom stereocenters. The van der Waals surface area contributed by atoms with Crippen LogP contribution in [0.2, 0.25) is 0 Å². The lowest BCUT2D eigenvalue weighted by Crippen LogP contribution is -2.60. The molecule has 2 bridgehead atoms. The van der Waals surface area contributed by atoms with Crippen molar-refractivity contribution in [1.82, 2.24) is 4.90 Å². The second-order valence-electron chi connectivity index (χ2n) is 3.04. The quantitative estimate of drug-likeness (QED) is 0.412. The molecular formula is C7H10ClNO3. The molecule has 0 aromatic rings. The van der Waals surface area contributed by atoms with E-state index in [9.17, 15) is 4.79 Å². The third kappa shape index (κ3) is 1.30. The molecule has 0 radical (unpaired) electrons. The molecule has 0 unspecified atom stereocenters. The van der Waals surface area contributed by atoms with E-state index in [0.29, 0.717) is 26.4 Å². The van der Waals surface area contributed by atoms with E-state index < -0.39 is 5.37 Å². The number of hydrogen-bond acceptors (Lipinski definition) is 3. The van der Waals surface area contributed by atoms with Crippen LogP contribution in [0, 0.1) is 0 Å². The molecule has 0 aromatic carbocycles. The summed E-state index contributed by atoms with van der Waals surface area (Å²) in [5.74, 6) is 0. The van der Waals surface area contributed by atoms with Crippen molar-refractivity contribution in [1.29, 1.82) is 0 Å². The number of ether oxygens (including phenoxy) is 2. The van der Waals surface area contributed by atoms with Crippen molar-refractivity contribution in [3.8, 4) is 0 Å². The standard InChI is InChI=1S/C7H10ClNO3/c8-7(10)9-5-1-11-3-6(9)4-12-2-5/h5-6H,1-4H2. The van der Waals surface area contributed by atoms with Crippen LogP contribution >= 0.6 is 11.6 Å². The largest absolute Gasteiger partial charge is 0.377 e. The maximum Gasteiger partial charge on any atom is 0.317 e. The number of rotatable bonds is 0. The molecule has 4 nitrogen and oxygen atoms in total. The highest BCUT2D eigenvalue weighted by atomic mass is 35.5. The monoisotopic (exact) mass is 191 g/mol. The average molecular weight is 192 g/mol. The number of halogens is 1. The van der Waals surface area contributed by atoms with Crippen molar-refractivity contribution < 1.29 is 14.3 Å². The molecule has 2 heterocycles. The van der Waals surface area contributed by atoms with E-state index in [-0.39, 0.29) is 12.1 Å². The van der Waals surface area contributed by atoms with Crippen LogP contribution in [0.3, 0.4) is 0 Å². The van der Waals surface area contributed by atoms with Crippen LogP contribution < -0.4 is 0 Å². The first-order valence-corrected chi connectivity index (χ1v) is 4.30. The topological polar surface area (TPSA) is 38.8 Å². The highest BCUT2D eigenvalue weighted by molar-refractivity contribution is 6.62. The Labute approximate surface area is 75.4 Å². The molecular weight excluding hydrogens is 182 g/mol. The number of amides is 1. The Morgan fingerprint density at radius 3 is 1.83 bits per heavy atom. The predicted octanol–water partition coefficient (Wildman–Crippen LogP) is 0.445. The van der Waals surface area contributed by atoms with E-state index in [1.165, 1.54) is 0 Å². The molecule has 0 aliphatic carbocycles. The van der Waals surface area contributed by atoms with Gasteiger partial charge in [-0.05, 0) is 11.6 Å². The van der Waals surface area contributed by atoms with Crippen LogP contribution in [0.25, 0.3) is 0 Å². The summed E-state index contributed by atoms with van der Waals surface area (Å²) < 4.78 is 10.6. The molecule has 2 aliphatic heterocycles. The van der Waals surface area contributed by atoms with Gasteiger partial charge in [0.25, 0.3) is 0 Å². The van der Waals surface area contributed by atoms with E-state index in [4.69, 9.17) is 21.1 Å². The van der Waals surface area contributed by atoms with E-state index in [2.05, 4.69) is 0 Å². The predicted molar refractivity (Wildman–Crippen MR) is 42.3 cm³/mol. The van der Waals surface area contributed by atoms with Gasteiger partial charge < -0.3 is 14.4 Å². The van der Waals surface area contributed by atoms with Crippen molar-refractivity contribution >= 4 is 17.0 Å². The molecule has 0 saturated carbocycles. The molecule has 68 valence electrons. The Morgan fingerprint density at radius 1 is 1.17 bits per heavy atom. The lowest BCUT2D eigenvalue weighted by molar-refractivity contribution is -0.113. The Hall–Kier alpha value is -0.320. The van der Waals surface area contributed by atoms with E-state index in [1.54, 1.807) is 4.90 Å². The number of fused-ring (bicyclic) bond motifs is 2. The summed E-state index contributed by atoms with van der Waals surface area (Å²) >= 11 is 5.43. The summed E-state index contributed by atoms with van der Waals surface area (Å²) in [6.45, 7) is 2.15. The van der Waals surface area contributed by atoms with E-state index in [1.807, 2.05) is 0 Å². The first-order chi connectivity index (χ1) is 5.79. The van der Waals surface area contributed by atoms with Gasteiger partial charge in [-0.1, -0.05) is 0 Å². The van der Waals surface area contributed by atoms with Gasteiger partial charge in [0.2, 0.25) is 0 Å². The third-order valence-electron chi connectivity index (χ3n) is 2.23. The number of hydrogen-bond donors (Lipinski definition) is 0. The molecule has 2 fully saturated rings. The van der Waals surface area contributed by atoms with Crippen molar-refractivity contribution in [3.63, 3.8) is 0 Å². The molecule has 0 N–H and O–H groups in total. The molecule has 0 aromatic heterocycles. The minimum Gasteiger partial charge on any atom is -0.377 e. The Balaban J connectivity index is 2.13. The number of carbonyl (C=O) groups excluding carboxylic acids is 1. The zero-order valence-corrected chi connectivity index (χ0v) is 7.29. The Bertz CT molecular complexity index is 177. The fraction of sp³-hybridized carbons (Fsp3) is 0.857. The van der Waals surface area contributed by atoms with Crippen LogP contribution in [-0.2, 0) is 9.47 Å². The highest BCUT2D eigenvalue weighted by Crippen LogP contribution is 2.20. The fourth-order valence-electron chi connectivity index (χ4n) is 1.68.